The van der Waals surface area contributed by atoms with Gasteiger partial charge in [0.2, 0.25) is 0 Å². The molecule has 112 valence electrons. The monoisotopic (exact) mass is 330 g/mol. The van der Waals surface area contributed by atoms with Gasteiger partial charge in [-0.3, -0.25) is 9.82 Å². The van der Waals surface area contributed by atoms with Crippen LogP contribution >= 0.6 is 11.6 Å². The number of alkyl halides is 1. The van der Waals surface area contributed by atoms with Gasteiger partial charge in [-0.2, -0.15) is 13.5 Å². The summed E-state index contributed by atoms with van der Waals surface area (Å²) in [7, 11) is -4.04. The number of hydrogen-bond donors (Lipinski definition) is 2. The fourth-order valence-corrected chi connectivity index (χ4v) is 2.62. The fourth-order valence-electron chi connectivity index (χ4n) is 1.45. The summed E-state index contributed by atoms with van der Waals surface area (Å²) >= 11 is 5.40. The third-order valence-electron chi connectivity index (χ3n) is 2.31. The van der Waals surface area contributed by atoms with Gasteiger partial charge in [0.15, 0.2) is 5.03 Å². The van der Waals surface area contributed by atoms with Crippen LogP contribution in [-0.4, -0.2) is 42.1 Å². The van der Waals surface area contributed by atoms with Crippen LogP contribution in [0.15, 0.2) is 35.6 Å². The Kier molecular flexibility index (Phi) is 4.76. The first-order chi connectivity index (χ1) is 10.0. The summed E-state index contributed by atoms with van der Waals surface area (Å²) in [6.07, 6.45) is 2.50. The number of rotatable bonds is 6. The minimum atomic E-state index is -4.04. The molecule has 0 fully saturated rings. The van der Waals surface area contributed by atoms with Crippen LogP contribution in [0.2, 0.25) is 0 Å². The van der Waals surface area contributed by atoms with Gasteiger partial charge in [-0.25, -0.2) is 9.78 Å². The third-order valence-corrected chi connectivity index (χ3v) is 3.79. The van der Waals surface area contributed by atoms with Crippen molar-refractivity contribution in [3.8, 4) is 0 Å². The number of esters is 1. The number of sulfonamides is 1. The van der Waals surface area contributed by atoms with Crippen molar-refractivity contribution in [3.63, 3.8) is 0 Å². The van der Waals surface area contributed by atoms with Gasteiger partial charge < -0.3 is 4.74 Å². The Morgan fingerprint density at radius 1 is 1.43 bits per heavy atom. The summed E-state index contributed by atoms with van der Waals surface area (Å²) in [6, 6.07) is 4.73. The number of carbonyl (C=O) groups is 1. The van der Waals surface area contributed by atoms with E-state index in [-0.39, 0.29) is 23.9 Å². The lowest BCUT2D eigenvalue weighted by Gasteiger charge is -2.07. The molecule has 0 saturated carbocycles. The normalized spacial score (nSPS) is 11.1. The molecule has 2 rings (SSSR count). The molecule has 2 aromatic heterocycles. The van der Waals surface area contributed by atoms with E-state index in [2.05, 4.69) is 19.9 Å². The van der Waals surface area contributed by atoms with E-state index in [0.29, 0.717) is 0 Å². The van der Waals surface area contributed by atoms with E-state index in [0.717, 1.165) is 6.20 Å². The molecule has 0 aliphatic carbocycles. The number of H-pyrrole nitrogens is 1. The number of anilines is 1. The molecule has 0 saturated heterocycles. The Balaban J connectivity index is 2.25. The highest BCUT2D eigenvalue weighted by molar-refractivity contribution is 7.92. The Morgan fingerprint density at radius 3 is 2.90 bits per heavy atom. The molecular weight excluding hydrogens is 320 g/mol. The summed E-state index contributed by atoms with van der Waals surface area (Å²) in [5.41, 5.74) is -0.205. The molecule has 0 aromatic carbocycles. The van der Waals surface area contributed by atoms with Crippen molar-refractivity contribution in [2.24, 2.45) is 0 Å². The topological polar surface area (TPSA) is 114 Å². The van der Waals surface area contributed by atoms with Crippen molar-refractivity contribution in [2.45, 2.75) is 5.03 Å². The molecule has 0 aliphatic rings. The number of ether oxygens (including phenoxy) is 1. The van der Waals surface area contributed by atoms with Crippen LogP contribution in [0.3, 0.4) is 0 Å². The molecule has 2 heterocycles. The SMILES string of the molecule is O=C(OCCCl)c1cn[nH]c1S(=O)(=O)Nc1ccccn1. The molecule has 21 heavy (non-hydrogen) atoms. The zero-order chi connectivity index (χ0) is 15.3. The highest BCUT2D eigenvalue weighted by Crippen LogP contribution is 2.16. The van der Waals surface area contributed by atoms with Crippen LogP contribution in [0.5, 0.6) is 0 Å². The van der Waals surface area contributed by atoms with E-state index in [9.17, 15) is 13.2 Å². The maximum absolute atomic E-state index is 12.2. The number of aromatic amines is 1. The zero-order valence-corrected chi connectivity index (χ0v) is 12.2. The van der Waals surface area contributed by atoms with Gasteiger partial charge in [0.1, 0.15) is 18.0 Å². The number of carbonyl (C=O) groups excluding carboxylic acids is 1. The van der Waals surface area contributed by atoms with Crippen LogP contribution < -0.4 is 4.72 Å². The van der Waals surface area contributed by atoms with Gasteiger partial charge in [0.25, 0.3) is 10.0 Å². The summed E-state index contributed by atoms with van der Waals surface area (Å²) in [4.78, 5) is 15.6. The minimum Gasteiger partial charge on any atom is -0.461 e. The molecule has 2 aromatic rings. The number of pyridine rings is 1. The molecule has 0 amide bonds. The number of nitrogens with zero attached hydrogens (tertiary/aromatic N) is 2. The Hall–Kier alpha value is -2.13. The molecule has 0 spiro atoms. The maximum Gasteiger partial charge on any atom is 0.342 e. The van der Waals surface area contributed by atoms with Crippen molar-refractivity contribution in [3.05, 3.63) is 36.2 Å². The summed E-state index contributed by atoms with van der Waals surface area (Å²) in [5, 5.41) is 5.43. The van der Waals surface area contributed by atoms with E-state index in [1.807, 2.05) is 0 Å². The van der Waals surface area contributed by atoms with Crippen LogP contribution in [-0.2, 0) is 14.8 Å². The molecule has 10 heteroatoms. The molecule has 0 bridgehead atoms. The van der Waals surface area contributed by atoms with Gasteiger partial charge in [-0.05, 0) is 12.1 Å². The van der Waals surface area contributed by atoms with E-state index >= 15 is 0 Å². The quantitative estimate of drug-likeness (QED) is 0.603. The van der Waals surface area contributed by atoms with Crippen molar-refractivity contribution in [1.82, 2.24) is 15.2 Å². The largest absolute Gasteiger partial charge is 0.461 e. The van der Waals surface area contributed by atoms with Crippen molar-refractivity contribution < 1.29 is 17.9 Å². The van der Waals surface area contributed by atoms with Crippen molar-refractivity contribution >= 4 is 33.4 Å². The van der Waals surface area contributed by atoms with Gasteiger partial charge in [-0.1, -0.05) is 6.07 Å². The number of nitrogens with one attached hydrogen (secondary N) is 2. The predicted molar refractivity (Wildman–Crippen MR) is 74.6 cm³/mol. The smallest absolute Gasteiger partial charge is 0.342 e. The Morgan fingerprint density at radius 2 is 2.24 bits per heavy atom. The molecule has 0 aliphatic heterocycles. The van der Waals surface area contributed by atoms with E-state index in [1.54, 1.807) is 12.1 Å². The van der Waals surface area contributed by atoms with Crippen LogP contribution in [0.1, 0.15) is 10.4 Å². The lowest BCUT2D eigenvalue weighted by molar-refractivity contribution is 0.0524. The average Bonchev–Trinajstić information content (AvgIpc) is 2.96. The van der Waals surface area contributed by atoms with Crippen molar-refractivity contribution in [1.29, 1.82) is 0 Å². The molecular formula is C11H11ClN4O4S. The Labute approximate surface area is 125 Å². The summed E-state index contributed by atoms with van der Waals surface area (Å²) in [6.45, 7) is -0.0290. The van der Waals surface area contributed by atoms with Gasteiger partial charge >= 0.3 is 5.97 Å². The zero-order valence-electron chi connectivity index (χ0n) is 10.6. The summed E-state index contributed by atoms with van der Waals surface area (Å²) in [5.74, 6) is -0.601. The van der Waals surface area contributed by atoms with E-state index in [1.165, 1.54) is 12.3 Å². The second-order valence-electron chi connectivity index (χ2n) is 3.76. The average molecular weight is 331 g/mol. The second kappa shape index (κ2) is 6.55. The number of hydrogen-bond acceptors (Lipinski definition) is 6. The standard InChI is InChI=1S/C11H11ClN4O4S/c12-4-6-20-11(17)8-7-14-15-10(8)21(18,19)16-9-3-1-2-5-13-9/h1-3,5,7H,4,6H2,(H,13,16)(H,14,15). The minimum absolute atomic E-state index is 0.0290. The van der Waals surface area contributed by atoms with Crippen molar-refractivity contribution in [2.75, 3.05) is 17.2 Å². The van der Waals surface area contributed by atoms with Crippen LogP contribution in [0, 0.1) is 0 Å². The molecule has 0 unspecified atom stereocenters. The van der Waals surface area contributed by atoms with Crippen LogP contribution in [0.4, 0.5) is 5.82 Å². The first-order valence-corrected chi connectivity index (χ1v) is 7.76. The van der Waals surface area contributed by atoms with Gasteiger partial charge in [-0.15, -0.1) is 11.6 Å². The Bertz CT molecular complexity index is 717. The predicted octanol–water partition coefficient (Wildman–Crippen LogP) is 1.00. The molecule has 8 nitrogen and oxygen atoms in total. The molecule has 0 atom stereocenters. The number of aromatic nitrogens is 3. The fraction of sp³-hybridized carbons (Fsp3) is 0.182. The number of halogens is 1. The maximum atomic E-state index is 12.2. The van der Waals surface area contributed by atoms with E-state index < -0.39 is 21.0 Å². The van der Waals surface area contributed by atoms with E-state index in [4.69, 9.17) is 16.3 Å². The molecule has 2 N–H and O–H groups in total. The third kappa shape index (κ3) is 3.70. The highest BCUT2D eigenvalue weighted by Gasteiger charge is 2.26. The highest BCUT2D eigenvalue weighted by atomic mass is 35.5. The first-order valence-electron chi connectivity index (χ1n) is 5.75. The first kappa shape index (κ1) is 15.3. The second-order valence-corrected chi connectivity index (χ2v) is 5.76. The lowest BCUT2D eigenvalue weighted by atomic mass is 10.4. The van der Waals surface area contributed by atoms with Gasteiger partial charge in [0, 0.05) is 6.20 Å². The van der Waals surface area contributed by atoms with Crippen LogP contribution in [0.25, 0.3) is 0 Å². The van der Waals surface area contributed by atoms with Gasteiger partial charge in [0.05, 0.1) is 12.1 Å². The lowest BCUT2D eigenvalue weighted by Crippen LogP contribution is -2.18. The summed E-state index contributed by atoms with van der Waals surface area (Å²) < 4.78 is 31.4. The molecule has 0 radical (unpaired) electrons.